The van der Waals surface area contributed by atoms with Crippen LogP contribution in [0.25, 0.3) is 0 Å². The molecule has 0 saturated heterocycles. The van der Waals surface area contributed by atoms with Gasteiger partial charge in [-0.1, -0.05) is 6.58 Å². The van der Waals surface area contributed by atoms with Gasteiger partial charge in [-0.15, -0.1) is 0 Å². The second kappa shape index (κ2) is 5.46. The third kappa shape index (κ3) is 7.33. The Bertz CT molecular complexity index is 78.9. The van der Waals surface area contributed by atoms with Crippen LogP contribution in [-0.2, 0) is 4.79 Å². The maximum Gasteiger partial charge on any atom is 1.00 e. The Labute approximate surface area is 92.5 Å². The first-order valence-corrected chi connectivity index (χ1v) is 1.99. The Morgan fingerprint density at radius 2 is 1.86 bits per heavy atom. The number of hydrogen-bond donors (Lipinski definition) is 0. The van der Waals surface area contributed by atoms with Gasteiger partial charge in [-0.3, -0.25) is 0 Å². The fourth-order valence-corrected chi connectivity index (χ4v) is 0. The molecule has 0 aliphatic carbocycles. The summed E-state index contributed by atoms with van der Waals surface area (Å²) in [7, 11) is 0. The van der Waals surface area contributed by atoms with Crippen molar-refractivity contribution in [3.05, 3.63) is 11.1 Å². The number of aliphatic carboxylic acids is 1. The third-order valence-corrected chi connectivity index (χ3v) is 0.545. The van der Waals surface area contributed by atoms with E-state index in [2.05, 4.69) is 22.5 Å². The molecule has 0 heterocycles. The first kappa shape index (κ1) is 11.2. The number of rotatable bonds is 1. The summed E-state index contributed by atoms with van der Waals surface area (Å²) in [4.78, 5) is 9.44. The van der Waals surface area contributed by atoms with Gasteiger partial charge in [0.15, 0.2) is 0 Å². The summed E-state index contributed by atoms with van der Waals surface area (Å²) in [6, 6.07) is 0. The summed E-state index contributed by atoms with van der Waals surface area (Å²) < 4.78 is -0.123. The molecule has 4 heteroatoms. The summed E-state index contributed by atoms with van der Waals surface area (Å²) in [6.07, 6.45) is 0. The van der Waals surface area contributed by atoms with E-state index in [0.29, 0.717) is 0 Å². The normalized spacial score (nSPS) is 6.43. The molecule has 0 spiro atoms. The molecule has 0 amide bonds. The number of halogens is 1. The molecule has 0 aliphatic heterocycles. The molecule has 0 N–H and O–H groups in total. The summed E-state index contributed by atoms with van der Waals surface area (Å²) in [5.41, 5.74) is 0. The van der Waals surface area contributed by atoms with Crippen molar-refractivity contribution in [3.63, 3.8) is 0 Å². The van der Waals surface area contributed by atoms with Gasteiger partial charge in [-0.05, 0) is 15.9 Å². The molecule has 34 valence electrons. The maximum atomic E-state index is 9.44. The van der Waals surface area contributed by atoms with E-state index in [1.54, 1.807) is 0 Å². The van der Waals surface area contributed by atoms with Crippen LogP contribution in [0.2, 0.25) is 0 Å². The summed E-state index contributed by atoms with van der Waals surface area (Å²) in [5, 5.41) is 9.44. The SMILES string of the molecule is C=C(Br)C(=O)[O-].[K+]. The van der Waals surface area contributed by atoms with Gasteiger partial charge in [0, 0.05) is 4.48 Å². The van der Waals surface area contributed by atoms with Crippen molar-refractivity contribution < 1.29 is 61.3 Å². The van der Waals surface area contributed by atoms with Crippen LogP contribution >= 0.6 is 15.9 Å². The van der Waals surface area contributed by atoms with Crippen LogP contribution < -0.4 is 56.5 Å². The molecule has 0 aromatic rings. The molecular formula is C3H2BrKO2. The topological polar surface area (TPSA) is 40.1 Å². The Morgan fingerprint density at radius 3 is 1.86 bits per heavy atom. The molecule has 0 fully saturated rings. The van der Waals surface area contributed by atoms with Crippen molar-refractivity contribution in [1.82, 2.24) is 0 Å². The molecular weight excluding hydrogens is 187 g/mol. The molecule has 0 atom stereocenters. The van der Waals surface area contributed by atoms with Crippen molar-refractivity contribution in [2.75, 3.05) is 0 Å². The van der Waals surface area contributed by atoms with E-state index in [4.69, 9.17) is 0 Å². The largest absolute Gasteiger partial charge is 1.00 e. The Balaban J connectivity index is 0. The zero-order valence-corrected chi connectivity index (χ0v) is 8.61. The first-order chi connectivity index (χ1) is 2.64. The zero-order valence-electron chi connectivity index (χ0n) is 3.90. The fourth-order valence-electron chi connectivity index (χ4n) is 0. The molecule has 0 rings (SSSR count). The Kier molecular flexibility index (Phi) is 8.71. The molecule has 7 heavy (non-hydrogen) atoms. The monoisotopic (exact) mass is 188 g/mol. The van der Waals surface area contributed by atoms with Crippen LogP contribution in [0.5, 0.6) is 0 Å². The van der Waals surface area contributed by atoms with Crippen LogP contribution in [0.4, 0.5) is 0 Å². The second-order valence-corrected chi connectivity index (χ2v) is 1.65. The van der Waals surface area contributed by atoms with Crippen LogP contribution in [0.1, 0.15) is 0 Å². The molecule has 0 aromatic heterocycles. The van der Waals surface area contributed by atoms with E-state index in [-0.39, 0.29) is 55.9 Å². The minimum absolute atomic E-state index is 0. The number of carbonyl (C=O) groups excluding carboxylic acids is 1. The average molecular weight is 189 g/mol. The summed E-state index contributed by atoms with van der Waals surface area (Å²) in [5.74, 6) is -1.27. The molecule has 0 aliphatic rings. The van der Waals surface area contributed by atoms with E-state index < -0.39 is 5.97 Å². The van der Waals surface area contributed by atoms with Crippen LogP contribution in [0.3, 0.4) is 0 Å². The molecule has 0 aromatic carbocycles. The van der Waals surface area contributed by atoms with Crippen LogP contribution in [-0.4, -0.2) is 5.97 Å². The van der Waals surface area contributed by atoms with Crippen LogP contribution in [0.15, 0.2) is 11.1 Å². The zero-order chi connectivity index (χ0) is 5.15. The minimum atomic E-state index is -1.27. The van der Waals surface area contributed by atoms with Gasteiger partial charge in [0.25, 0.3) is 0 Å². The van der Waals surface area contributed by atoms with E-state index in [1.807, 2.05) is 0 Å². The number of carboxylic acids is 1. The Hall–Kier alpha value is 1.33. The van der Waals surface area contributed by atoms with Crippen LogP contribution in [0, 0.1) is 0 Å². The second-order valence-electron chi connectivity index (χ2n) is 0.692. The quantitative estimate of drug-likeness (QED) is 0.319. The van der Waals surface area contributed by atoms with Gasteiger partial charge in [0.05, 0.1) is 5.97 Å². The first-order valence-electron chi connectivity index (χ1n) is 1.20. The van der Waals surface area contributed by atoms with Gasteiger partial charge >= 0.3 is 51.4 Å². The molecule has 0 radical (unpaired) electrons. The predicted octanol–water partition coefficient (Wildman–Crippen LogP) is -3.35. The van der Waals surface area contributed by atoms with Crippen molar-refractivity contribution in [3.8, 4) is 0 Å². The van der Waals surface area contributed by atoms with Gasteiger partial charge in [0.1, 0.15) is 0 Å². The van der Waals surface area contributed by atoms with Gasteiger partial charge in [-0.2, -0.15) is 0 Å². The van der Waals surface area contributed by atoms with E-state index >= 15 is 0 Å². The molecule has 0 saturated carbocycles. The number of carbonyl (C=O) groups is 1. The van der Waals surface area contributed by atoms with E-state index in [0.717, 1.165) is 0 Å². The average Bonchev–Trinajstić information content (AvgIpc) is 1.36. The van der Waals surface area contributed by atoms with Crippen molar-refractivity contribution >= 4 is 21.9 Å². The van der Waals surface area contributed by atoms with Crippen molar-refractivity contribution in [1.29, 1.82) is 0 Å². The fraction of sp³-hybridized carbons (Fsp3) is 0. The van der Waals surface area contributed by atoms with E-state index in [1.165, 1.54) is 0 Å². The maximum absolute atomic E-state index is 9.44. The molecule has 2 nitrogen and oxygen atoms in total. The minimum Gasteiger partial charge on any atom is -0.544 e. The van der Waals surface area contributed by atoms with Crippen molar-refractivity contribution in [2.45, 2.75) is 0 Å². The molecule has 0 unspecified atom stereocenters. The number of hydrogen-bond acceptors (Lipinski definition) is 2. The third-order valence-electron chi connectivity index (χ3n) is 0.221. The standard InChI is InChI=1S/C3H3BrO2.K/c1-2(4)3(5)6;/h1H2,(H,5,6);/q;+1/p-1. The Morgan fingerprint density at radius 1 is 1.71 bits per heavy atom. The van der Waals surface area contributed by atoms with Gasteiger partial charge < -0.3 is 9.90 Å². The van der Waals surface area contributed by atoms with Crippen molar-refractivity contribution in [2.24, 2.45) is 0 Å². The molecule has 0 bridgehead atoms. The predicted molar refractivity (Wildman–Crippen MR) is 23.1 cm³/mol. The van der Waals surface area contributed by atoms with Gasteiger partial charge in [0.2, 0.25) is 0 Å². The van der Waals surface area contributed by atoms with Gasteiger partial charge in [-0.25, -0.2) is 0 Å². The van der Waals surface area contributed by atoms with E-state index in [9.17, 15) is 9.90 Å². The smallest absolute Gasteiger partial charge is 0.544 e. The number of carboxylic acid groups (broad SMARTS) is 1. The summed E-state index contributed by atoms with van der Waals surface area (Å²) >= 11 is 2.58. The summed E-state index contributed by atoms with van der Waals surface area (Å²) in [6.45, 7) is 3.01.